The number of halogens is 1. The number of nitrogens with one attached hydrogen (secondary N) is 2. The molecule has 1 unspecified atom stereocenters. The van der Waals surface area contributed by atoms with Gasteiger partial charge in [0.05, 0.1) is 4.47 Å². The molecular weight excluding hydrogens is 320 g/mol. The molecule has 0 aliphatic rings. The smallest absolute Gasteiger partial charge is 0.261 e. The second-order valence-corrected chi connectivity index (χ2v) is 6.61. The highest BCUT2D eigenvalue weighted by atomic mass is 79.9. The molecule has 112 valence electrons. The molecule has 0 aromatic heterocycles. The van der Waals surface area contributed by atoms with Crippen LogP contribution in [-0.2, 0) is 11.3 Å². The fraction of sp³-hybridized carbons (Fsp3) is 0.533. The molecule has 0 bridgehead atoms. The monoisotopic (exact) mass is 342 g/mol. The molecule has 0 saturated heterocycles. The topological polar surface area (TPSA) is 50.4 Å². The molecule has 1 aromatic carbocycles. The quantitative estimate of drug-likeness (QED) is 0.864. The summed E-state index contributed by atoms with van der Waals surface area (Å²) in [6.45, 7) is 8.28. The minimum absolute atomic E-state index is 0.122. The molecule has 2 N–H and O–H groups in total. The van der Waals surface area contributed by atoms with E-state index in [1.807, 2.05) is 46.0 Å². The van der Waals surface area contributed by atoms with Gasteiger partial charge >= 0.3 is 0 Å². The van der Waals surface area contributed by atoms with Gasteiger partial charge in [-0.2, -0.15) is 0 Å². The first-order valence-electron chi connectivity index (χ1n) is 6.65. The third-order valence-electron chi connectivity index (χ3n) is 2.58. The highest BCUT2D eigenvalue weighted by Crippen LogP contribution is 2.30. The van der Waals surface area contributed by atoms with Crippen molar-refractivity contribution in [3.63, 3.8) is 0 Å². The van der Waals surface area contributed by atoms with E-state index in [-0.39, 0.29) is 11.4 Å². The van der Waals surface area contributed by atoms with E-state index in [0.717, 1.165) is 10.0 Å². The lowest BCUT2D eigenvalue weighted by molar-refractivity contribution is -0.128. The third kappa shape index (κ3) is 5.13. The van der Waals surface area contributed by atoms with Crippen LogP contribution in [0.3, 0.4) is 0 Å². The van der Waals surface area contributed by atoms with Crippen LogP contribution in [0.5, 0.6) is 5.75 Å². The zero-order valence-electron chi connectivity index (χ0n) is 12.7. The summed E-state index contributed by atoms with van der Waals surface area (Å²) >= 11 is 3.47. The average molecular weight is 343 g/mol. The van der Waals surface area contributed by atoms with Crippen molar-refractivity contribution >= 4 is 21.8 Å². The van der Waals surface area contributed by atoms with Gasteiger partial charge < -0.3 is 15.4 Å². The molecule has 0 radical (unpaired) electrons. The highest BCUT2D eigenvalue weighted by molar-refractivity contribution is 9.10. The van der Waals surface area contributed by atoms with Crippen molar-refractivity contribution in [2.45, 2.75) is 45.9 Å². The number of amides is 1. The van der Waals surface area contributed by atoms with Crippen LogP contribution in [0, 0.1) is 0 Å². The van der Waals surface area contributed by atoms with E-state index in [1.165, 1.54) is 0 Å². The lowest BCUT2D eigenvalue weighted by Gasteiger charge is -2.24. The zero-order valence-corrected chi connectivity index (χ0v) is 14.3. The Morgan fingerprint density at radius 1 is 1.40 bits per heavy atom. The lowest BCUT2D eigenvalue weighted by Crippen LogP contribution is -2.46. The number of carbonyl (C=O) groups is 1. The lowest BCUT2D eigenvalue weighted by atomic mass is 10.1. The third-order valence-corrected chi connectivity index (χ3v) is 3.20. The first-order valence-corrected chi connectivity index (χ1v) is 7.44. The van der Waals surface area contributed by atoms with Crippen LogP contribution < -0.4 is 15.4 Å². The van der Waals surface area contributed by atoms with Crippen LogP contribution in [0.25, 0.3) is 0 Å². The minimum atomic E-state index is -0.552. The number of ether oxygens (including phenoxy) is 1. The van der Waals surface area contributed by atoms with Gasteiger partial charge in [-0.3, -0.25) is 4.79 Å². The fourth-order valence-electron chi connectivity index (χ4n) is 1.72. The van der Waals surface area contributed by atoms with Crippen molar-refractivity contribution in [3.05, 3.63) is 28.2 Å². The maximum Gasteiger partial charge on any atom is 0.261 e. The van der Waals surface area contributed by atoms with Gasteiger partial charge in [0.1, 0.15) is 5.75 Å². The molecule has 5 heteroatoms. The Morgan fingerprint density at radius 3 is 2.60 bits per heavy atom. The van der Waals surface area contributed by atoms with Gasteiger partial charge in [-0.05, 0) is 56.7 Å². The fourth-order valence-corrected chi connectivity index (χ4v) is 2.22. The molecule has 4 nitrogen and oxygen atoms in total. The molecule has 0 heterocycles. The van der Waals surface area contributed by atoms with E-state index in [0.29, 0.717) is 12.3 Å². The predicted octanol–water partition coefficient (Wildman–Crippen LogP) is 2.85. The zero-order chi connectivity index (χ0) is 15.3. The number of hydrogen-bond donors (Lipinski definition) is 2. The first-order chi connectivity index (χ1) is 9.24. The molecule has 0 saturated carbocycles. The molecule has 0 fully saturated rings. The van der Waals surface area contributed by atoms with Crippen LogP contribution in [0.15, 0.2) is 22.7 Å². The van der Waals surface area contributed by atoms with Crippen LogP contribution in [0.2, 0.25) is 0 Å². The van der Waals surface area contributed by atoms with E-state index in [4.69, 9.17) is 4.74 Å². The van der Waals surface area contributed by atoms with Gasteiger partial charge in [-0.1, -0.05) is 12.1 Å². The van der Waals surface area contributed by atoms with Gasteiger partial charge in [0.15, 0.2) is 6.10 Å². The molecular formula is C15H23BrN2O2. The summed E-state index contributed by atoms with van der Waals surface area (Å²) in [5.41, 5.74) is 0.744. The van der Waals surface area contributed by atoms with Crippen LogP contribution in [-0.4, -0.2) is 24.6 Å². The van der Waals surface area contributed by atoms with Crippen molar-refractivity contribution in [3.8, 4) is 5.75 Å². The summed E-state index contributed by atoms with van der Waals surface area (Å²) in [5, 5.41) is 6.01. The second kappa shape index (κ2) is 7.09. The van der Waals surface area contributed by atoms with Crippen molar-refractivity contribution in [1.82, 2.24) is 10.6 Å². The summed E-state index contributed by atoms with van der Waals surface area (Å²) in [7, 11) is 1.88. The molecule has 1 rings (SSSR count). The van der Waals surface area contributed by atoms with E-state index >= 15 is 0 Å². The van der Waals surface area contributed by atoms with Gasteiger partial charge in [0.2, 0.25) is 0 Å². The van der Waals surface area contributed by atoms with E-state index in [9.17, 15) is 4.79 Å². The summed E-state index contributed by atoms with van der Waals surface area (Å²) in [5.74, 6) is 0.585. The van der Waals surface area contributed by atoms with E-state index in [1.54, 1.807) is 6.92 Å². The van der Waals surface area contributed by atoms with Crippen molar-refractivity contribution < 1.29 is 9.53 Å². The Labute approximate surface area is 129 Å². The molecule has 0 spiro atoms. The molecule has 1 atom stereocenters. The Balaban J connectivity index is 2.84. The van der Waals surface area contributed by atoms with Crippen LogP contribution in [0.4, 0.5) is 0 Å². The van der Waals surface area contributed by atoms with Crippen LogP contribution >= 0.6 is 15.9 Å². The number of para-hydroxylation sites is 1. The largest absolute Gasteiger partial charge is 0.479 e. The maximum absolute atomic E-state index is 12.1. The highest BCUT2D eigenvalue weighted by Gasteiger charge is 2.22. The number of hydrogen-bond acceptors (Lipinski definition) is 3. The average Bonchev–Trinajstić information content (AvgIpc) is 2.31. The van der Waals surface area contributed by atoms with E-state index < -0.39 is 6.10 Å². The predicted molar refractivity (Wildman–Crippen MR) is 84.9 cm³/mol. The van der Waals surface area contributed by atoms with Crippen molar-refractivity contribution in [2.24, 2.45) is 0 Å². The van der Waals surface area contributed by atoms with Gasteiger partial charge in [0, 0.05) is 17.6 Å². The Kier molecular flexibility index (Phi) is 6.02. The molecule has 20 heavy (non-hydrogen) atoms. The molecule has 1 aromatic rings. The van der Waals surface area contributed by atoms with Crippen molar-refractivity contribution in [2.75, 3.05) is 7.05 Å². The summed E-state index contributed by atoms with van der Waals surface area (Å²) < 4.78 is 6.69. The Bertz CT molecular complexity index is 469. The van der Waals surface area contributed by atoms with Gasteiger partial charge in [0.25, 0.3) is 5.91 Å². The Morgan fingerprint density at radius 2 is 2.05 bits per heavy atom. The first kappa shape index (κ1) is 17.0. The van der Waals surface area contributed by atoms with Crippen molar-refractivity contribution in [1.29, 1.82) is 0 Å². The summed E-state index contributed by atoms with van der Waals surface area (Å²) in [6.07, 6.45) is -0.552. The normalized spacial score (nSPS) is 12.9. The van der Waals surface area contributed by atoms with Crippen LogP contribution in [0.1, 0.15) is 33.3 Å². The van der Waals surface area contributed by atoms with Gasteiger partial charge in [-0.15, -0.1) is 0 Å². The SMILES string of the molecule is CNCc1cccc(Br)c1OC(C)C(=O)NC(C)(C)C. The molecule has 0 aliphatic carbocycles. The Hall–Kier alpha value is -1.07. The molecule has 1 amide bonds. The standard InChI is InChI=1S/C15H23BrN2O2/c1-10(14(19)18-15(2,3)4)20-13-11(9-17-5)7-6-8-12(13)16/h6-8,10,17H,9H2,1-5H3,(H,18,19). The van der Waals surface area contributed by atoms with E-state index in [2.05, 4.69) is 26.6 Å². The number of benzene rings is 1. The second-order valence-electron chi connectivity index (χ2n) is 5.76. The summed E-state index contributed by atoms with van der Waals surface area (Å²) in [4.78, 5) is 12.1. The van der Waals surface area contributed by atoms with Gasteiger partial charge in [-0.25, -0.2) is 0 Å². The maximum atomic E-state index is 12.1. The summed E-state index contributed by atoms with van der Waals surface area (Å²) in [6, 6.07) is 5.83. The number of rotatable bonds is 5. The molecule has 0 aliphatic heterocycles. The minimum Gasteiger partial charge on any atom is -0.479 e. The number of carbonyl (C=O) groups excluding carboxylic acids is 1.